The molecule has 12 heteroatoms. The van der Waals surface area contributed by atoms with Crippen LogP contribution >= 0.6 is 0 Å². The van der Waals surface area contributed by atoms with Crippen molar-refractivity contribution in [3.05, 3.63) is 59.2 Å². The van der Waals surface area contributed by atoms with Crippen LogP contribution in [0.15, 0.2) is 47.5 Å². The molecule has 12 nitrogen and oxygen atoms in total. The maximum atomic E-state index is 14.2. The fourth-order valence-electron chi connectivity index (χ4n) is 6.77. The summed E-state index contributed by atoms with van der Waals surface area (Å²) in [5.41, 5.74) is -0.510. The molecule has 0 aromatic heterocycles. The number of aliphatic hydroxyl groups excluding tert-OH is 2. The number of guanidine groups is 1. The number of methoxy groups -OCH3 is 1. The van der Waals surface area contributed by atoms with Crippen molar-refractivity contribution < 1.29 is 38.7 Å². The summed E-state index contributed by atoms with van der Waals surface area (Å²) in [5, 5.41) is 28.9. The van der Waals surface area contributed by atoms with E-state index in [1.54, 1.807) is 59.9 Å². The van der Waals surface area contributed by atoms with Gasteiger partial charge < -0.3 is 29.2 Å². The summed E-state index contributed by atoms with van der Waals surface area (Å²) < 4.78 is 23.4. The number of hydrogen-bond acceptors (Lipinski definition) is 10. The molecule has 4 N–H and O–H groups in total. The van der Waals surface area contributed by atoms with Gasteiger partial charge in [-0.1, -0.05) is 38.1 Å². The summed E-state index contributed by atoms with van der Waals surface area (Å²) >= 11 is 0. The SMILES string of the molecule is CCC1(CC)CC(=O)N([C@H]2c3cc(C(O)N[C@@H]4c5ccccc5OC(C)(C)[C@H]4O)ccc3OC[C@H]2COC)C(NC(=O)OC(C)(C)C)=N1. The Bertz CT molecular complexity index is 1530. The van der Waals surface area contributed by atoms with Gasteiger partial charge >= 0.3 is 6.09 Å². The van der Waals surface area contributed by atoms with Crippen LogP contribution in [-0.4, -0.2) is 76.2 Å². The fraction of sp³-hybridized carbons (Fsp3) is 0.583. The second kappa shape index (κ2) is 13.7. The zero-order valence-electron chi connectivity index (χ0n) is 29.2. The van der Waals surface area contributed by atoms with E-state index in [1.807, 2.05) is 38.1 Å². The summed E-state index contributed by atoms with van der Waals surface area (Å²) in [7, 11) is 1.58. The molecule has 5 rings (SSSR count). The van der Waals surface area contributed by atoms with Crippen molar-refractivity contribution in [2.75, 3.05) is 20.3 Å². The molecular formula is C36H50N4O8. The minimum Gasteiger partial charge on any atom is -0.493 e. The van der Waals surface area contributed by atoms with Crippen LogP contribution in [0.2, 0.25) is 0 Å². The molecule has 3 aliphatic rings. The Labute approximate surface area is 282 Å². The van der Waals surface area contributed by atoms with E-state index in [0.29, 0.717) is 35.5 Å². The number of nitrogens with zero attached hydrogens (tertiary/aromatic N) is 2. The second-order valence-electron chi connectivity index (χ2n) is 14.4. The van der Waals surface area contributed by atoms with Gasteiger partial charge in [0, 0.05) is 24.2 Å². The van der Waals surface area contributed by atoms with E-state index in [9.17, 15) is 19.8 Å². The normalized spacial score (nSPS) is 25.1. The monoisotopic (exact) mass is 666 g/mol. The smallest absolute Gasteiger partial charge is 0.414 e. The molecule has 5 atom stereocenters. The first kappa shape index (κ1) is 35.6. The molecule has 0 fully saturated rings. The first-order valence-corrected chi connectivity index (χ1v) is 16.7. The number of carbonyl (C=O) groups excluding carboxylic acids is 2. The van der Waals surface area contributed by atoms with Crippen LogP contribution in [-0.2, 0) is 14.3 Å². The Morgan fingerprint density at radius 1 is 1.12 bits per heavy atom. The van der Waals surface area contributed by atoms with Crippen LogP contribution in [0.25, 0.3) is 0 Å². The third kappa shape index (κ3) is 7.17. The minimum absolute atomic E-state index is 0.108. The van der Waals surface area contributed by atoms with Crippen molar-refractivity contribution in [3.63, 3.8) is 0 Å². The van der Waals surface area contributed by atoms with Gasteiger partial charge in [0.15, 0.2) is 0 Å². The van der Waals surface area contributed by atoms with E-state index < -0.39 is 47.2 Å². The molecule has 262 valence electrons. The first-order chi connectivity index (χ1) is 22.6. The number of rotatable bonds is 8. The van der Waals surface area contributed by atoms with Crippen LogP contribution in [0, 0.1) is 5.92 Å². The number of amides is 2. The molecular weight excluding hydrogens is 616 g/mol. The lowest BCUT2D eigenvalue weighted by atomic mass is 9.84. The second-order valence-corrected chi connectivity index (χ2v) is 14.4. The molecule has 1 unspecified atom stereocenters. The first-order valence-electron chi connectivity index (χ1n) is 16.7. The van der Waals surface area contributed by atoms with Gasteiger partial charge in [-0.15, -0.1) is 0 Å². The molecule has 2 amide bonds. The number of alkyl carbamates (subject to hydrolysis) is 1. The number of fused-ring (bicyclic) bond motifs is 2. The third-order valence-electron chi connectivity index (χ3n) is 9.47. The highest BCUT2D eigenvalue weighted by molar-refractivity contribution is 6.05. The van der Waals surface area contributed by atoms with Crippen LogP contribution in [0.1, 0.15) is 103 Å². The summed E-state index contributed by atoms with van der Waals surface area (Å²) in [6.07, 6.45) is -1.53. The number of carbonyl (C=O) groups is 2. The molecule has 2 aromatic rings. The average molecular weight is 667 g/mol. The van der Waals surface area contributed by atoms with E-state index >= 15 is 0 Å². The van der Waals surface area contributed by atoms with E-state index in [4.69, 9.17) is 23.9 Å². The minimum atomic E-state index is -1.21. The number of aliphatic hydroxyl groups is 2. The Balaban J connectivity index is 1.54. The van der Waals surface area contributed by atoms with E-state index in [1.165, 1.54) is 4.90 Å². The largest absolute Gasteiger partial charge is 0.493 e. The van der Waals surface area contributed by atoms with Crippen molar-refractivity contribution >= 4 is 18.0 Å². The zero-order chi connectivity index (χ0) is 35.0. The van der Waals surface area contributed by atoms with Gasteiger partial charge in [-0.05, 0) is 71.2 Å². The Hall–Kier alpha value is -3.71. The number of nitrogens with one attached hydrogen (secondary N) is 2. The number of aliphatic imine (C=N–C) groups is 1. The highest BCUT2D eigenvalue weighted by atomic mass is 16.6. The molecule has 0 saturated carbocycles. The van der Waals surface area contributed by atoms with Crippen LogP contribution in [0.5, 0.6) is 11.5 Å². The summed E-state index contributed by atoms with van der Waals surface area (Å²) in [6.45, 7) is 13.4. The van der Waals surface area contributed by atoms with Crippen molar-refractivity contribution in [2.24, 2.45) is 10.9 Å². The Morgan fingerprint density at radius 2 is 1.83 bits per heavy atom. The van der Waals surface area contributed by atoms with Gasteiger partial charge in [-0.3, -0.25) is 20.3 Å². The number of hydrogen-bond donors (Lipinski definition) is 4. The van der Waals surface area contributed by atoms with E-state index in [0.717, 1.165) is 5.56 Å². The Kier molecular flexibility index (Phi) is 10.1. The fourth-order valence-corrected chi connectivity index (χ4v) is 6.77. The summed E-state index contributed by atoms with van der Waals surface area (Å²) in [6, 6.07) is 11.4. The van der Waals surface area contributed by atoms with Gasteiger partial charge in [0.25, 0.3) is 0 Å². The van der Waals surface area contributed by atoms with E-state index in [-0.39, 0.29) is 37.4 Å². The lowest BCUT2D eigenvalue weighted by molar-refractivity contribution is -0.133. The molecule has 3 aliphatic heterocycles. The molecule has 3 heterocycles. The molecule has 0 saturated heterocycles. The molecule has 0 radical (unpaired) electrons. The van der Waals surface area contributed by atoms with Crippen molar-refractivity contribution in [1.29, 1.82) is 0 Å². The lowest BCUT2D eigenvalue weighted by Gasteiger charge is -2.45. The van der Waals surface area contributed by atoms with Crippen LogP contribution in [0.4, 0.5) is 4.79 Å². The van der Waals surface area contributed by atoms with Gasteiger partial charge in [-0.2, -0.15) is 0 Å². The maximum absolute atomic E-state index is 14.2. The third-order valence-corrected chi connectivity index (χ3v) is 9.47. The topological polar surface area (TPSA) is 151 Å². The predicted octanol–water partition coefficient (Wildman–Crippen LogP) is 4.91. The number of ether oxygens (including phenoxy) is 4. The highest BCUT2D eigenvalue weighted by Gasteiger charge is 2.47. The van der Waals surface area contributed by atoms with Gasteiger partial charge in [0.2, 0.25) is 11.9 Å². The molecule has 0 bridgehead atoms. The van der Waals surface area contributed by atoms with Gasteiger partial charge in [-0.25, -0.2) is 9.79 Å². The van der Waals surface area contributed by atoms with Crippen molar-refractivity contribution in [3.8, 4) is 11.5 Å². The maximum Gasteiger partial charge on any atom is 0.414 e. The van der Waals surface area contributed by atoms with E-state index in [2.05, 4.69) is 10.6 Å². The number of para-hydroxylation sites is 1. The molecule has 0 aliphatic carbocycles. The zero-order valence-corrected chi connectivity index (χ0v) is 29.2. The quantitative estimate of drug-likeness (QED) is 0.288. The van der Waals surface area contributed by atoms with Crippen LogP contribution in [0.3, 0.4) is 0 Å². The van der Waals surface area contributed by atoms with Gasteiger partial charge in [0.05, 0.1) is 37.3 Å². The summed E-state index contributed by atoms with van der Waals surface area (Å²) in [5.74, 6) is 0.733. The van der Waals surface area contributed by atoms with Crippen molar-refractivity contribution in [2.45, 2.75) is 109 Å². The lowest BCUT2D eigenvalue weighted by Crippen LogP contribution is -2.58. The van der Waals surface area contributed by atoms with Crippen molar-refractivity contribution in [1.82, 2.24) is 15.5 Å². The highest BCUT2D eigenvalue weighted by Crippen LogP contribution is 2.45. The predicted molar refractivity (Wildman–Crippen MR) is 180 cm³/mol. The molecule has 2 aromatic carbocycles. The molecule has 0 spiro atoms. The number of benzene rings is 2. The average Bonchev–Trinajstić information content (AvgIpc) is 3.02. The Morgan fingerprint density at radius 3 is 2.50 bits per heavy atom. The van der Waals surface area contributed by atoms with Gasteiger partial charge in [0.1, 0.15) is 35.0 Å². The summed E-state index contributed by atoms with van der Waals surface area (Å²) in [4.78, 5) is 33.9. The standard InChI is InChI=1S/C36H50N4O8/c1-9-36(10-2)18-27(41)40(32(39-36)38-33(44)48-34(3,4)5)29-22(19-45-8)20-46-25-16-15-21(17-24(25)29)31(43)37-28-23-13-11-12-14-26(23)47-35(6,7)30(28)42/h11-17,22,28-31,37,42-43H,9-10,18-20H2,1-8H3,(H,38,39,44)/t22-,28-,29-,30+,31?/m1/s1. The molecule has 48 heavy (non-hydrogen) atoms. The van der Waals surface area contributed by atoms with Crippen LogP contribution < -0.4 is 20.1 Å².